The fraction of sp³-hybridized carbons (Fsp3) is 1.00. The molecular formula is C5H12Cl2Si. The van der Waals surface area contributed by atoms with Crippen LogP contribution in [0.25, 0.3) is 0 Å². The summed E-state index contributed by atoms with van der Waals surface area (Å²) in [6.07, 6.45) is 0. The summed E-state index contributed by atoms with van der Waals surface area (Å²) in [6, 6.07) is 2.18. The van der Waals surface area contributed by atoms with Gasteiger partial charge in [-0.05, 0) is 12.1 Å². The molecule has 0 unspecified atom stereocenters. The third kappa shape index (κ3) is 2.38. The van der Waals surface area contributed by atoms with Crippen molar-refractivity contribution in [1.29, 1.82) is 0 Å². The highest BCUT2D eigenvalue weighted by atomic mass is 35.6. The van der Waals surface area contributed by atoms with Gasteiger partial charge in [0.1, 0.15) is 0 Å². The first-order valence-corrected chi connectivity index (χ1v) is 7.10. The first-order chi connectivity index (χ1) is 3.68. The van der Waals surface area contributed by atoms with E-state index in [0.717, 1.165) is 12.1 Å². The molecule has 0 bridgehead atoms. The maximum atomic E-state index is 6.10. The summed E-state index contributed by atoms with van der Waals surface area (Å²) >= 11 is 11.7. The molecule has 0 aromatic heterocycles. The molecule has 8 heavy (non-hydrogen) atoms. The second-order valence-corrected chi connectivity index (χ2v) is 9.18. The Morgan fingerprint density at radius 3 is 1.62 bits per heavy atom. The van der Waals surface area contributed by atoms with Gasteiger partial charge >= 0.3 is 0 Å². The molecule has 0 rings (SSSR count). The smallest absolute Gasteiger partial charge is 0.166 e. The number of alkyl halides is 1. The largest absolute Gasteiger partial charge is 0.170 e. The molecule has 0 aliphatic heterocycles. The van der Waals surface area contributed by atoms with Gasteiger partial charge in [-0.2, -0.15) is 11.1 Å². The van der Waals surface area contributed by atoms with Gasteiger partial charge in [-0.25, -0.2) is 0 Å². The Labute approximate surface area is 61.9 Å². The zero-order valence-corrected chi connectivity index (χ0v) is 7.89. The molecule has 0 radical (unpaired) electrons. The molecule has 50 valence electrons. The van der Waals surface area contributed by atoms with Crippen LogP contribution in [0, 0.1) is 0 Å². The van der Waals surface area contributed by atoms with Crippen LogP contribution >= 0.6 is 22.7 Å². The van der Waals surface area contributed by atoms with Gasteiger partial charge in [-0.15, -0.1) is 11.6 Å². The van der Waals surface area contributed by atoms with E-state index >= 15 is 0 Å². The van der Waals surface area contributed by atoms with Crippen LogP contribution in [0.2, 0.25) is 12.1 Å². The zero-order valence-electron chi connectivity index (χ0n) is 5.38. The van der Waals surface area contributed by atoms with Crippen LogP contribution in [0.15, 0.2) is 0 Å². The third-order valence-electron chi connectivity index (χ3n) is 1.51. The monoisotopic (exact) mass is 170 g/mol. The van der Waals surface area contributed by atoms with Crippen LogP contribution in [-0.4, -0.2) is 12.9 Å². The van der Waals surface area contributed by atoms with Gasteiger partial charge in [0.25, 0.3) is 0 Å². The van der Waals surface area contributed by atoms with E-state index in [1.807, 2.05) is 0 Å². The molecule has 0 atom stereocenters. The quantitative estimate of drug-likeness (QED) is 0.348. The Bertz CT molecular complexity index is 53.2. The minimum Gasteiger partial charge on any atom is -0.166 e. The van der Waals surface area contributed by atoms with E-state index in [9.17, 15) is 0 Å². The molecular weight excluding hydrogens is 159 g/mol. The Balaban J connectivity index is 3.58. The van der Waals surface area contributed by atoms with Crippen molar-refractivity contribution in [1.82, 2.24) is 0 Å². The average Bonchev–Trinajstić information content (AvgIpc) is 1.87. The summed E-state index contributed by atoms with van der Waals surface area (Å²) in [7, 11) is -1.43. The van der Waals surface area contributed by atoms with Gasteiger partial charge in [0.05, 0.1) is 0 Å². The molecule has 0 aliphatic carbocycles. The third-order valence-corrected chi connectivity index (χ3v) is 8.47. The predicted molar refractivity (Wildman–Crippen MR) is 43.3 cm³/mol. The summed E-state index contributed by atoms with van der Waals surface area (Å²) in [5.74, 6) is 0. The fourth-order valence-corrected chi connectivity index (χ4v) is 2.45. The van der Waals surface area contributed by atoms with Crippen LogP contribution < -0.4 is 0 Å². The van der Waals surface area contributed by atoms with E-state index < -0.39 is 7.38 Å². The summed E-state index contributed by atoms with van der Waals surface area (Å²) < 4.78 is 0. The molecule has 0 fully saturated rings. The van der Waals surface area contributed by atoms with E-state index in [-0.39, 0.29) is 0 Å². The summed E-state index contributed by atoms with van der Waals surface area (Å²) in [5.41, 5.74) is 0.696. The molecule has 0 spiro atoms. The maximum absolute atomic E-state index is 6.10. The van der Waals surface area contributed by atoms with Crippen molar-refractivity contribution in [2.45, 2.75) is 25.9 Å². The molecule has 0 aliphatic rings. The Kier molecular flexibility index (Phi) is 4.13. The van der Waals surface area contributed by atoms with Crippen molar-refractivity contribution < 1.29 is 0 Å². The molecule has 0 saturated heterocycles. The highest BCUT2D eigenvalue weighted by Gasteiger charge is 2.24. The molecule has 0 aromatic carbocycles. The van der Waals surface area contributed by atoms with Gasteiger partial charge in [0, 0.05) is 5.50 Å². The summed E-state index contributed by atoms with van der Waals surface area (Å²) in [6.45, 7) is 4.23. The van der Waals surface area contributed by atoms with Gasteiger partial charge < -0.3 is 0 Å². The van der Waals surface area contributed by atoms with Crippen molar-refractivity contribution in [2.24, 2.45) is 0 Å². The van der Waals surface area contributed by atoms with Crippen LogP contribution in [0.1, 0.15) is 13.8 Å². The van der Waals surface area contributed by atoms with Crippen molar-refractivity contribution in [3.05, 3.63) is 0 Å². The SMILES string of the molecule is CC[Si](Cl)(CC)CCl. The number of hydrogen-bond donors (Lipinski definition) is 0. The highest BCUT2D eigenvalue weighted by molar-refractivity contribution is 7.22. The first-order valence-electron chi connectivity index (χ1n) is 2.93. The lowest BCUT2D eigenvalue weighted by Gasteiger charge is -2.15. The Morgan fingerprint density at radius 2 is 1.62 bits per heavy atom. The lowest BCUT2D eigenvalue weighted by Crippen LogP contribution is -2.27. The van der Waals surface area contributed by atoms with Gasteiger partial charge in [0.15, 0.2) is 7.38 Å². The van der Waals surface area contributed by atoms with Crippen molar-refractivity contribution in [3.8, 4) is 0 Å². The number of rotatable bonds is 3. The molecule has 0 N–H and O–H groups in total. The minimum atomic E-state index is -1.43. The van der Waals surface area contributed by atoms with Crippen molar-refractivity contribution in [2.75, 3.05) is 5.50 Å². The topological polar surface area (TPSA) is 0 Å². The summed E-state index contributed by atoms with van der Waals surface area (Å²) in [4.78, 5) is 0. The number of halogens is 2. The highest BCUT2D eigenvalue weighted by Crippen LogP contribution is 2.20. The van der Waals surface area contributed by atoms with E-state index in [1.165, 1.54) is 0 Å². The van der Waals surface area contributed by atoms with E-state index in [2.05, 4.69) is 13.8 Å². The van der Waals surface area contributed by atoms with E-state index in [0.29, 0.717) is 5.50 Å². The molecule has 0 heterocycles. The second-order valence-electron chi connectivity index (χ2n) is 1.99. The zero-order chi connectivity index (χ0) is 6.62. The summed E-state index contributed by atoms with van der Waals surface area (Å²) in [5, 5.41) is 0. The average molecular weight is 171 g/mol. The van der Waals surface area contributed by atoms with Gasteiger partial charge in [0.2, 0.25) is 0 Å². The molecule has 0 saturated carbocycles. The molecule has 0 amide bonds. The van der Waals surface area contributed by atoms with Crippen LogP contribution in [0.3, 0.4) is 0 Å². The maximum Gasteiger partial charge on any atom is 0.170 e. The molecule has 3 heteroatoms. The van der Waals surface area contributed by atoms with Crippen LogP contribution in [-0.2, 0) is 0 Å². The first kappa shape index (κ1) is 8.80. The number of hydrogen-bond acceptors (Lipinski definition) is 0. The van der Waals surface area contributed by atoms with Gasteiger partial charge in [-0.1, -0.05) is 13.8 Å². The van der Waals surface area contributed by atoms with E-state index in [1.54, 1.807) is 0 Å². The predicted octanol–water partition coefficient (Wildman–Crippen LogP) is 2.99. The molecule has 0 nitrogen and oxygen atoms in total. The fourth-order valence-electron chi connectivity index (χ4n) is 0.439. The van der Waals surface area contributed by atoms with Gasteiger partial charge in [-0.3, -0.25) is 0 Å². The Hall–Kier alpha value is 0.797. The Morgan fingerprint density at radius 1 is 1.25 bits per heavy atom. The minimum absolute atomic E-state index is 0.696. The van der Waals surface area contributed by atoms with Crippen LogP contribution in [0.5, 0.6) is 0 Å². The second kappa shape index (κ2) is 3.75. The molecule has 0 aromatic rings. The lowest BCUT2D eigenvalue weighted by atomic mass is 10.9. The van der Waals surface area contributed by atoms with Crippen LogP contribution in [0.4, 0.5) is 0 Å². The standard InChI is InChI=1S/C5H12Cl2Si/c1-3-8(7,4-2)5-6/h3-5H2,1-2H3. The van der Waals surface area contributed by atoms with Crippen molar-refractivity contribution in [3.63, 3.8) is 0 Å². The van der Waals surface area contributed by atoms with E-state index in [4.69, 9.17) is 22.7 Å². The van der Waals surface area contributed by atoms with Crippen molar-refractivity contribution >= 4 is 30.1 Å². The normalized spacial score (nSPS) is 12.0. The lowest BCUT2D eigenvalue weighted by molar-refractivity contribution is 1.29.